The second-order valence-corrected chi connectivity index (χ2v) is 7.13. The summed E-state index contributed by atoms with van der Waals surface area (Å²) >= 11 is 7.29. The van der Waals surface area contributed by atoms with Crippen molar-refractivity contribution in [3.05, 3.63) is 57.0 Å². The molecule has 0 aliphatic rings. The zero-order chi connectivity index (χ0) is 13.3. The van der Waals surface area contributed by atoms with Crippen LogP contribution in [0.25, 0.3) is 11.1 Å². The van der Waals surface area contributed by atoms with Gasteiger partial charge in [-0.05, 0) is 34.2 Å². The summed E-state index contributed by atoms with van der Waals surface area (Å²) in [4.78, 5) is 0. The number of halogens is 2. The highest BCUT2D eigenvalue weighted by Gasteiger charge is 2.15. The maximum Gasteiger partial charge on any atom is 0.0257 e. The van der Waals surface area contributed by atoms with Crippen molar-refractivity contribution in [3.8, 4) is 11.1 Å². The van der Waals surface area contributed by atoms with Crippen molar-refractivity contribution in [2.24, 2.45) is 0 Å². The van der Waals surface area contributed by atoms with Gasteiger partial charge in [-0.3, -0.25) is 0 Å². The SMILES string of the molecule is CC(C)(C)c1ccc(-c2ccccc2Br)c(Br)c1. The molecule has 0 saturated carbocycles. The van der Waals surface area contributed by atoms with Crippen LogP contribution in [0.1, 0.15) is 26.3 Å². The first-order valence-electron chi connectivity index (χ1n) is 5.94. The molecule has 0 nitrogen and oxygen atoms in total. The first kappa shape index (κ1) is 13.8. The third-order valence-corrected chi connectivity index (χ3v) is 4.35. The summed E-state index contributed by atoms with van der Waals surface area (Å²) in [6.07, 6.45) is 0. The van der Waals surface area contributed by atoms with Gasteiger partial charge in [-0.1, -0.05) is 83.0 Å². The third kappa shape index (κ3) is 2.86. The molecule has 0 spiro atoms. The van der Waals surface area contributed by atoms with E-state index in [1.807, 2.05) is 6.07 Å². The van der Waals surface area contributed by atoms with Crippen molar-refractivity contribution in [1.82, 2.24) is 0 Å². The summed E-state index contributed by atoms with van der Waals surface area (Å²) in [6.45, 7) is 6.69. The standard InChI is InChI=1S/C16H16Br2/c1-16(2,3)11-8-9-13(15(18)10-11)12-6-4-5-7-14(12)17/h4-10H,1-3H3. The van der Waals surface area contributed by atoms with Gasteiger partial charge in [0.05, 0.1) is 0 Å². The van der Waals surface area contributed by atoms with Gasteiger partial charge in [-0.15, -0.1) is 0 Å². The van der Waals surface area contributed by atoms with Gasteiger partial charge in [0.25, 0.3) is 0 Å². The minimum Gasteiger partial charge on any atom is -0.0616 e. The molecule has 0 N–H and O–H groups in total. The van der Waals surface area contributed by atoms with Gasteiger partial charge in [0.1, 0.15) is 0 Å². The van der Waals surface area contributed by atoms with Gasteiger partial charge >= 0.3 is 0 Å². The highest BCUT2D eigenvalue weighted by Crippen LogP contribution is 2.36. The van der Waals surface area contributed by atoms with Crippen LogP contribution in [0.5, 0.6) is 0 Å². The van der Waals surface area contributed by atoms with Crippen LogP contribution < -0.4 is 0 Å². The van der Waals surface area contributed by atoms with Crippen LogP contribution in [0, 0.1) is 0 Å². The first-order valence-corrected chi connectivity index (χ1v) is 7.53. The third-order valence-electron chi connectivity index (χ3n) is 3.00. The Kier molecular flexibility index (Phi) is 3.98. The summed E-state index contributed by atoms with van der Waals surface area (Å²) in [5.74, 6) is 0. The van der Waals surface area contributed by atoms with E-state index in [9.17, 15) is 0 Å². The molecule has 2 aromatic rings. The van der Waals surface area contributed by atoms with E-state index in [4.69, 9.17) is 0 Å². The Morgan fingerprint density at radius 2 is 1.39 bits per heavy atom. The van der Waals surface area contributed by atoms with E-state index in [1.165, 1.54) is 16.7 Å². The topological polar surface area (TPSA) is 0 Å². The van der Waals surface area contributed by atoms with Crippen LogP contribution in [0.2, 0.25) is 0 Å². The molecule has 2 rings (SSSR count). The van der Waals surface area contributed by atoms with Gasteiger partial charge < -0.3 is 0 Å². The van der Waals surface area contributed by atoms with Gasteiger partial charge in [-0.2, -0.15) is 0 Å². The van der Waals surface area contributed by atoms with E-state index in [1.54, 1.807) is 0 Å². The molecule has 18 heavy (non-hydrogen) atoms. The first-order chi connectivity index (χ1) is 8.39. The second-order valence-electron chi connectivity index (χ2n) is 5.42. The summed E-state index contributed by atoms with van der Waals surface area (Å²) < 4.78 is 2.26. The van der Waals surface area contributed by atoms with Gasteiger partial charge in [0, 0.05) is 8.95 Å². The molecule has 94 valence electrons. The lowest BCUT2D eigenvalue weighted by Gasteiger charge is -2.20. The largest absolute Gasteiger partial charge is 0.0616 e. The average Bonchev–Trinajstić information content (AvgIpc) is 2.29. The van der Waals surface area contributed by atoms with Crippen molar-refractivity contribution < 1.29 is 0 Å². The van der Waals surface area contributed by atoms with Crippen LogP contribution in [0.3, 0.4) is 0 Å². The maximum absolute atomic E-state index is 3.69. The summed E-state index contributed by atoms with van der Waals surface area (Å²) in [5, 5.41) is 0. The monoisotopic (exact) mass is 366 g/mol. The molecule has 0 radical (unpaired) electrons. The molecular weight excluding hydrogens is 352 g/mol. The van der Waals surface area contributed by atoms with E-state index >= 15 is 0 Å². The van der Waals surface area contributed by atoms with Gasteiger partial charge in [0.15, 0.2) is 0 Å². The Bertz CT molecular complexity index is 566. The Morgan fingerprint density at radius 1 is 0.778 bits per heavy atom. The van der Waals surface area contributed by atoms with E-state index in [-0.39, 0.29) is 5.41 Å². The van der Waals surface area contributed by atoms with Crippen LogP contribution in [0.15, 0.2) is 51.4 Å². The Labute approximate surface area is 126 Å². The molecule has 0 aromatic heterocycles. The number of rotatable bonds is 1. The van der Waals surface area contributed by atoms with Crippen LogP contribution in [0.4, 0.5) is 0 Å². The van der Waals surface area contributed by atoms with Crippen molar-refractivity contribution in [2.45, 2.75) is 26.2 Å². The molecule has 0 aliphatic heterocycles. The molecule has 0 fully saturated rings. The lowest BCUT2D eigenvalue weighted by molar-refractivity contribution is 0.590. The zero-order valence-corrected chi connectivity index (χ0v) is 14.0. The van der Waals surface area contributed by atoms with Crippen LogP contribution in [-0.4, -0.2) is 0 Å². The molecule has 0 saturated heterocycles. The minimum absolute atomic E-state index is 0.176. The van der Waals surface area contributed by atoms with Crippen molar-refractivity contribution >= 4 is 31.9 Å². The summed E-state index contributed by atoms with van der Waals surface area (Å²) in [6, 6.07) is 14.9. The smallest absolute Gasteiger partial charge is 0.0257 e. The fraction of sp³-hybridized carbons (Fsp3) is 0.250. The lowest BCUT2D eigenvalue weighted by Crippen LogP contribution is -2.10. The van der Waals surface area contributed by atoms with E-state index in [0.29, 0.717) is 0 Å². The van der Waals surface area contributed by atoms with E-state index in [0.717, 1.165) is 8.95 Å². The number of benzene rings is 2. The second kappa shape index (κ2) is 5.18. The molecule has 0 amide bonds. The summed E-state index contributed by atoms with van der Waals surface area (Å²) in [5.41, 5.74) is 3.94. The van der Waals surface area contributed by atoms with Crippen LogP contribution >= 0.6 is 31.9 Å². The zero-order valence-electron chi connectivity index (χ0n) is 10.8. The Hall–Kier alpha value is -0.600. The molecule has 0 aliphatic carbocycles. The minimum atomic E-state index is 0.176. The highest BCUT2D eigenvalue weighted by atomic mass is 79.9. The van der Waals surface area contributed by atoms with E-state index in [2.05, 4.69) is 89.0 Å². The van der Waals surface area contributed by atoms with E-state index < -0.39 is 0 Å². The van der Waals surface area contributed by atoms with Crippen molar-refractivity contribution in [2.75, 3.05) is 0 Å². The normalized spacial score (nSPS) is 11.6. The molecule has 0 bridgehead atoms. The predicted molar refractivity (Wildman–Crippen MR) is 86.0 cm³/mol. The van der Waals surface area contributed by atoms with Crippen LogP contribution in [-0.2, 0) is 5.41 Å². The predicted octanol–water partition coefficient (Wildman–Crippen LogP) is 6.18. The van der Waals surface area contributed by atoms with Crippen molar-refractivity contribution in [1.29, 1.82) is 0 Å². The number of hydrogen-bond acceptors (Lipinski definition) is 0. The summed E-state index contributed by atoms with van der Waals surface area (Å²) in [7, 11) is 0. The van der Waals surface area contributed by atoms with Gasteiger partial charge in [0.2, 0.25) is 0 Å². The molecule has 2 aromatic carbocycles. The Balaban J connectivity index is 2.52. The molecular formula is C16H16Br2. The fourth-order valence-corrected chi connectivity index (χ4v) is 2.97. The highest BCUT2D eigenvalue weighted by molar-refractivity contribution is 9.11. The average molecular weight is 368 g/mol. The maximum atomic E-state index is 3.69. The molecule has 0 unspecified atom stereocenters. The fourth-order valence-electron chi connectivity index (χ4n) is 1.88. The lowest BCUT2D eigenvalue weighted by atomic mass is 9.86. The Morgan fingerprint density at radius 3 is 1.94 bits per heavy atom. The van der Waals surface area contributed by atoms with Crippen molar-refractivity contribution in [3.63, 3.8) is 0 Å². The molecule has 0 atom stereocenters. The molecule has 2 heteroatoms. The quantitative estimate of drug-likeness (QED) is 0.564. The number of hydrogen-bond donors (Lipinski definition) is 0. The molecule has 0 heterocycles. The van der Waals surface area contributed by atoms with Gasteiger partial charge in [-0.25, -0.2) is 0 Å².